The number of aromatic nitrogens is 2. The fraction of sp³-hybridized carbons (Fsp3) is 0.192. The fourth-order valence-corrected chi connectivity index (χ4v) is 5.05. The molecule has 2 N–H and O–H groups in total. The van der Waals surface area contributed by atoms with E-state index in [9.17, 15) is 9.59 Å². The minimum absolute atomic E-state index is 0.0692. The smallest absolute Gasteiger partial charge is 0.256 e. The molecule has 0 atom stereocenters. The zero-order valence-electron chi connectivity index (χ0n) is 18.1. The molecule has 0 saturated heterocycles. The van der Waals surface area contributed by atoms with Gasteiger partial charge in [-0.2, -0.15) is 16.9 Å². The summed E-state index contributed by atoms with van der Waals surface area (Å²) >= 11 is 1.76. The van der Waals surface area contributed by atoms with Crippen molar-refractivity contribution in [3.05, 3.63) is 95.2 Å². The van der Waals surface area contributed by atoms with E-state index in [-0.39, 0.29) is 18.4 Å². The lowest BCUT2D eigenvalue weighted by Gasteiger charge is -2.12. The number of benzene rings is 3. The van der Waals surface area contributed by atoms with Crippen LogP contribution in [0, 0.1) is 0 Å². The number of anilines is 1. The number of hydrogen-bond acceptors (Lipinski definition) is 4. The summed E-state index contributed by atoms with van der Waals surface area (Å²) in [5.74, 6) is 1.85. The van der Waals surface area contributed by atoms with E-state index >= 15 is 0 Å². The Balaban J connectivity index is 1.29. The average Bonchev–Trinajstić information content (AvgIpc) is 3.42. The molecule has 1 aliphatic heterocycles. The molecule has 1 aliphatic rings. The molecule has 3 aromatic carbocycles. The molecular formula is C26H24N4O2S. The molecule has 1 aromatic heterocycles. The predicted molar refractivity (Wildman–Crippen MR) is 132 cm³/mol. The van der Waals surface area contributed by atoms with Gasteiger partial charge in [0.15, 0.2) is 0 Å². The second kappa shape index (κ2) is 9.50. The second-order valence-corrected chi connectivity index (χ2v) is 9.01. The molecule has 166 valence electrons. The molecule has 0 unspecified atom stereocenters. The maximum absolute atomic E-state index is 13.1. The first-order valence-electron chi connectivity index (χ1n) is 10.9. The SMILES string of the molecule is O=C(Cn1nc2c(c1NC(=O)c1ccc3ccccc3c1)CSC2)NCCc1ccccc1. The van der Waals surface area contributed by atoms with Gasteiger partial charge in [-0.1, -0.05) is 60.7 Å². The topological polar surface area (TPSA) is 76.0 Å². The van der Waals surface area contributed by atoms with Crippen LogP contribution in [0.15, 0.2) is 72.8 Å². The number of rotatable bonds is 7. The molecule has 2 amide bonds. The molecule has 7 heteroatoms. The molecule has 0 saturated carbocycles. The Labute approximate surface area is 196 Å². The summed E-state index contributed by atoms with van der Waals surface area (Å²) in [6.45, 7) is 0.623. The van der Waals surface area contributed by atoms with E-state index in [0.29, 0.717) is 17.9 Å². The number of thioether (sulfide) groups is 1. The van der Waals surface area contributed by atoms with Crippen LogP contribution >= 0.6 is 11.8 Å². The van der Waals surface area contributed by atoms with E-state index in [2.05, 4.69) is 15.7 Å². The van der Waals surface area contributed by atoms with Gasteiger partial charge in [-0.05, 0) is 34.9 Å². The van der Waals surface area contributed by atoms with Crippen LogP contribution in [-0.2, 0) is 29.3 Å². The van der Waals surface area contributed by atoms with E-state index in [0.717, 1.165) is 40.0 Å². The zero-order chi connectivity index (χ0) is 22.6. The van der Waals surface area contributed by atoms with Crippen molar-refractivity contribution >= 4 is 40.2 Å². The molecule has 33 heavy (non-hydrogen) atoms. The molecule has 6 nitrogen and oxygen atoms in total. The molecule has 0 spiro atoms. The zero-order valence-corrected chi connectivity index (χ0v) is 18.9. The van der Waals surface area contributed by atoms with Crippen LogP contribution in [0.1, 0.15) is 27.2 Å². The minimum atomic E-state index is -0.203. The summed E-state index contributed by atoms with van der Waals surface area (Å²) in [4.78, 5) is 25.7. The highest BCUT2D eigenvalue weighted by Crippen LogP contribution is 2.35. The Hall–Kier alpha value is -3.58. The van der Waals surface area contributed by atoms with Crippen LogP contribution in [0.5, 0.6) is 0 Å². The summed E-state index contributed by atoms with van der Waals surface area (Å²) < 4.78 is 1.63. The summed E-state index contributed by atoms with van der Waals surface area (Å²) in [5.41, 5.74) is 3.70. The maximum Gasteiger partial charge on any atom is 0.256 e. The Bertz CT molecular complexity index is 1320. The van der Waals surface area contributed by atoms with Crippen molar-refractivity contribution in [1.82, 2.24) is 15.1 Å². The first-order chi connectivity index (χ1) is 16.2. The molecule has 4 aromatic rings. The maximum atomic E-state index is 13.1. The minimum Gasteiger partial charge on any atom is -0.354 e. The first kappa shape index (κ1) is 21.3. The third-order valence-corrected chi connectivity index (χ3v) is 6.70. The molecule has 0 aliphatic carbocycles. The third-order valence-electron chi connectivity index (χ3n) is 5.73. The van der Waals surface area contributed by atoms with Gasteiger partial charge < -0.3 is 10.6 Å². The highest BCUT2D eigenvalue weighted by atomic mass is 32.2. The second-order valence-electron chi connectivity index (χ2n) is 8.03. The van der Waals surface area contributed by atoms with E-state index in [1.165, 1.54) is 5.56 Å². The van der Waals surface area contributed by atoms with Crippen molar-refractivity contribution in [1.29, 1.82) is 0 Å². The van der Waals surface area contributed by atoms with Gasteiger partial charge in [-0.25, -0.2) is 4.68 Å². The monoisotopic (exact) mass is 456 g/mol. The molecule has 0 radical (unpaired) electrons. The quantitative estimate of drug-likeness (QED) is 0.432. The van der Waals surface area contributed by atoms with Crippen LogP contribution < -0.4 is 10.6 Å². The molecule has 0 bridgehead atoms. The predicted octanol–water partition coefficient (Wildman–Crippen LogP) is 4.39. The Morgan fingerprint density at radius 1 is 0.939 bits per heavy atom. The van der Waals surface area contributed by atoms with Crippen LogP contribution in [0.4, 0.5) is 5.82 Å². The summed E-state index contributed by atoms with van der Waals surface area (Å²) in [6, 6.07) is 23.6. The van der Waals surface area contributed by atoms with Crippen LogP contribution in [0.2, 0.25) is 0 Å². The van der Waals surface area contributed by atoms with Crippen molar-refractivity contribution in [2.75, 3.05) is 11.9 Å². The van der Waals surface area contributed by atoms with Gasteiger partial charge in [0.25, 0.3) is 5.91 Å². The lowest BCUT2D eigenvalue weighted by molar-refractivity contribution is -0.121. The lowest BCUT2D eigenvalue weighted by atomic mass is 10.1. The summed E-state index contributed by atoms with van der Waals surface area (Å²) in [6.07, 6.45) is 0.768. The molecule has 2 heterocycles. The normalized spacial score (nSPS) is 12.5. The molecule has 5 rings (SSSR count). The third kappa shape index (κ3) is 4.78. The Morgan fingerprint density at radius 2 is 1.73 bits per heavy atom. The fourth-order valence-electron chi connectivity index (χ4n) is 4.01. The van der Waals surface area contributed by atoms with E-state index in [1.54, 1.807) is 16.4 Å². The lowest BCUT2D eigenvalue weighted by Crippen LogP contribution is -2.30. The highest BCUT2D eigenvalue weighted by Gasteiger charge is 2.25. The van der Waals surface area contributed by atoms with Crippen molar-refractivity contribution < 1.29 is 9.59 Å². The van der Waals surface area contributed by atoms with Gasteiger partial charge in [-0.15, -0.1) is 0 Å². The van der Waals surface area contributed by atoms with Gasteiger partial charge in [0.05, 0.1) is 5.69 Å². The van der Waals surface area contributed by atoms with Crippen LogP contribution in [-0.4, -0.2) is 28.1 Å². The van der Waals surface area contributed by atoms with Crippen molar-refractivity contribution in [3.63, 3.8) is 0 Å². The Kier molecular flexibility index (Phi) is 6.13. The van der Waals surface area contributed by atoms with Gasteiger partial charge in [0.2, 0.25) is 5.91 Å². The average molecular weight is 457 g/mol. The molecule has 0 fully saturated rings. The number of carbonyl (C=O) groups excluding carboxylic acids is 2. The van der Waals surface area contributed by atoms with Crippen LogP contribution in [0.3, 0.4) is 0 Å². The van der Waals surface area contributed by atoms with Gasteiger partial charge in [0, 0.05) is 29.2 Å². The Morgan fingerprint density at radius 3 is 2.58 bits per heavy atom. The molecular weight excluding hydrogens is 432 g/mol. The number of hydrogen-bond donors (Lipinski definition) is 2. The van der Waals surface area contributed by atoms with Crippen molar-refractivity contribution in [3.8, 4) is 0 Å². The number of nitrogens with zero attached hydrogens (tertiary/aromatic N) is 2. The van der Waals surface area contributed by atoms with E-state index in [1.807, 2.05) is 72.8 Å². The summed E-state index contributed by atoms with van der Waals surface area (Å²) in [5, 5.41) is 12.7. The number of nitrogens with one attached hydrogen (secondary N) is 2. The van der Waals surface area contributed by atoms with E-state index in [4.69, 9.17) is 0 Å². The van der Waals surface area contributed by atoms with Gasteiger partial charge >= 0.3 is 0 Å². The highest BCUT2D eigenvalue weighted by molar-refractivity contribution is 7.98. The first-order valence-corrected chi connectivity index (χ1v) is 12.1. The van der Waals surface area contributed by atoms with E-state index < -0.39 is 0 Å². The number of carbonyl (C=O) groups is 2. The largest absolute Gasteiger partial charge is 0.354 e. The number of fused-ring (bicyclic) bond motifs is 2. The summed E-state index contributed by atoms with van der Waals surface area (Å²) in [7, 11) is 0. The standard InChI is InChI=1S/C26H24N4O2S/c31-24(27-13-12-18-6-2-1-3-7-18)15-30-25(22-16-33-17-23(22)29-30)28-26(32)21-11-10-19-8-4-5-9-20(19)14-21/h1-11,14H,12-13,15-17H2,(H,27,31)(H,28,32). The van der Waals surface area contributed by atoms with Crippen molar-refractivity contribution in [2.45, 2.75) is 24.5 Å². The van der Waals surface area contributed by atoms with Crippen molar-refractivity contribution in [2.24, 2.45) is 0 Å². The van der Waals surface area contributed by atoms with Gasteiger partial charge in [0.1, 0.15) is 12.4 Å². The van der Waals surface area contributed by atoms with Crippen LogP contribution in [0.25, 0.3) is 10.8 Å². The number of amides is 2. The van der Waals surface area contributed by atoms with Gasteiger partial charge in [-0.3, -0.25) is 9.59 Å².